The topological polar surface area (TPSA) is 23.8 Å². The maximum absolute atomic E-state index is 8.33. The lowest BCUT2D eigenvalue weighted by molar-refractivity contribution is 0.768. The van der Waals surface area contributed by atoms with Crippen LogP contribution in [0.25, 0.3) is 0 Å². The van der Waals surface area contributed by atoms with E-state index in [-0.39, 0.29) is 0 Å². The molecule has 0 aliphatic rings. The fourth-order valence-electron chi connectivity index (χ4n) is 1.17. The summed E-state index contributed by atoms with van der Waals surface area (Å²) in [6.07, 6.45) is 19.0. The predicted molar refractivity (Wildman–Crippen MR) is 66.4 cm³/mol. The van der Waals surface area contributed by atoms with E-state index in [1.807, 2.05) is 6.92 Å². The van der Waals surface area contributed by atoms with E-state index in [0.717, 1.165) is 32.1 Å². The fraction of sp³-hybridized carbons (Fsp3) is 0.500. The number of rotatable bonds is 8. The molecule has 0 spiro atoms. The van der Waals surface area contributed by atoms with Crippen LogP contribution in [0.15, 0.2) is 36.5 Å². The molecule has 0 atom stereocenters. The Bertz CT molecular complexity index is 241. The van der Waals surface area contributed by atoms with Crippen LogP contribution < -0.4 is 0 Å². The zero-order valence-corrected chi connectivity index (χ0v) is 9.65. The molecule has 0 aliphatic carbocycles. The highest BCUT2D eigenvalue weighted by Crippen LogP contribution is 2.00. The number of hydrogen-bond acceptors (Lipinski definition) is 1. The van der Waals surface area contributed by atoms with Crippen LogP contribution in [0.2, 0.25) is 0 Å². The summed E-state index contributed by atoms with van der Waals surface area (Å²) >= 11 is 0. The molecule has 0 heterocycles. The summed E-state index contributed by atoms with van der Waals surface area (Å²) in [6, 6.07) is 2.15. The van der Waals surface area contributed by atoms with Crippen LogP contribution in [0, 0.1) is 11.3 Å². The summed E-state index contributed by atoms with van der Waals surface area (Å²) in [6.45, 7) is 2.05. The van der Waals surface area contributed by atoms with Crippen molar-refractivity contribution in [3.8, 4) is 6.07 Å². The first kappa shape index (κ1) is 13.7. The molecule has 1 heteroatoms. The number of allylic oxidation sites excluding steroid dienone is 6. The summed E-state index contributed by atoms with van der Waals surface area (Å²) in [5.41, 5.74) is 0. The molecule has 0 unspecified atom stereocenters. The van der Waals surface area contributed by atoms with E-state index < -0.39 is 0 Å². The highest BCUT2D eigenvalue weighted by molar-refractivity contribution is 5.02. The smallest absolute Gasteiger partial charge is 0.0621 e. The molecule has 0 aromatic heterocycles. The first-order chi connectivity index (χ1) is 7.41. The van der Waals surface area contributed by atoms with Gasteiger partial charge in [-0.2, -0.15) is 5.26 Å². The number of nitrogens with zero attached hydrogens (tertiary/aromatic N) is 1. The van der Waals surface area contributed by atoms with Gasteiger partial charge in [-0.05, 0) is 39.0 Å². The average Bonchev–Trinajstić information content (AvgIpc) is 2.26. The third-order valence-corrected chi connectivity index (χ3v) is 2.03. The van der Waals surface area contributed by atoms with Gasteiger partial charge < -0.3 is 0 Å². The van der Waals surface area contributed by atoms with Crippen molar-refractivity contribution in [2.45, 2.75) is 45.4 Å². The zero-order valence-electron chi connectivity index (χ0n) is 9.65. The lowest BCUT2D eigenvalue weighted by Crippen LogP contribution is -1.71. The Morgan fingerprint density at radius 3 is 2.27 bits per heavy atom. The SMILES string of the molecule is C/C=C/CC/C=C/C=C/CCCCC#N. The highest BCUT2D eigenvalue weighted by Gasteiger charge is 1.82. The van der Waals surface area contributed by atoms with Gasteiger partial charge in [0.2, 0.25) is 0 Å². The Kier molecular flexibility index (Phi) is 11.6. The largest absolute Gasteiger partial charge is 0.198 e. The standard InChI is InChI=1S/C14H21N/c1-2-3-4-5-6-7-8-9-10-11-12-13-14-15/h2-3,6-9H,4-5,10-13H2,1H3/b3-2+,7-6+,9-8+. The minimum atomic E-state index is 0.688. The predicted octanol–water partition coefficient (Wildman–Crippen LogP) is 4.54. The van der Waals surface area contributed by atoms with Crippen molar-refractivity contribution in [2.75, 3.05) is 0 Å². The molecule has 0 fully saturated rings. The van der Waals surface area contributed by atoms with Crippen LogP contribution in [-0.4, -0.2) is 0 Å². The van der Waals surface area contributed by atoms with E-state index in [9.17, 15) is 0 Å². The minimum Gasteiger partial charge on any atom is -0.198 e. The molecule has 0 rings (SSSR count). The Morgan fingerprint density at radius 1 is 0.933 bits per heavy atom. The van der Waals surface area contributed by atoms with Crippen molar-refractivity contribution in [1.29, 1.82) is 5.26 Å². The van der Waals surface area contributed by atoms with Gasteiger partial charge in [0.05, 0.1) is 6.07 Å². The Morgan fingerprint density at radius 2 is 1.60 bits per heavy atom. The van der Waals surface area contributed by atoms with Gasteiger partial charge in [0.1, 0.15) is 0 Å². The van der Waals surface area contributed by atoms with Gasteiger partial charge >= 0.3 is 0 Å². The number of unbranched alkanes of at least 4 members (excludes halogenated alkanes) is 4. The first-order valence-corrected chi connectivity index (χ1v) is 5.71. The summed E-state index contributed by atoms with van der Waals surface area (Å²) in [5, 5.41) is 8.33. The normalized spacial score (nSPS) is 11.7. The van der Waals surface area contributed by atoms with Crippen LogP contribution in [0.5, 0.6) is 0 Å². The Balaban J connectivity index is 3.26. The van der Waals surface area contributed by atoms with Gasteiger partial charge in [-0.25, -0.2) is 0 Å². The van der Waals surface area contributed by atoms with Gasteiger partial charge in [0.25, 0.3) is 0 Å². The van der Waals surface area contributed by atoms with E-state index in [1.54, 1.807) is 0 Å². The van der Waals surface area contributed by atoms with Gasteiger partial charge in [-0.1, -0.05) is 36.5 Å². The second-order valence-electron chi connectivity index (χ2n) is 3.41. The lowest BCUT2D eigenvalue weighted by atomic mass is 10.2. The molecule has 0 N–H and O–H groups in total. The molecule has 0 saturated heterocycles. The third kappa shape index (κ3) is 12.7. The molecule has 0 aliphatic heterocycles. The zero-order chi connectivity index (χ0) is 11.2. The highest BCUT2D eigenvalue weighted by atomic mass is 14.2. The van der Waals surface area contributed by atoms with Crippen molar-refractivity contribution in [3.05, 3.63) is 36.5 Å². The Labute approximate surface area is 93.8 Å². The van der Waals surface area contributed by atoms with Crippen molar-refractivity contribution >= 4 is 0 Å². The van der Waals surface area contributed by atoms with Crippen LogP contribution in [0.1, 0.15) is 45.4 Å². The molecule has 0 aromatic carbocycles. The monoisotopic (exact) mass is 203 g/mol. The van der Waals surface area contributed by atoms with Crippen LogP contribution in [0.4, 0.5) is 0 Å². The van der Waals surface area contributed by atoms with Gasteiger partial charge in [0, 0.05) is 6.42 Å². The second kappa shape index (κ2) is 12.7. The lowest BCUT2D eigenvalue weighted by Gasteiger charge is -1.88. The fourth-order valence-corrected chi connectivity index (χ4v) is 1.17. The van der Waals surface area contributed by atoms with Crippen molar-refractivity contribution in [1.82, 2.24) is 0 Å². The molecule has 15 heavy (non-hydrogen) atoms. The molecule has 0 aromatic rings. The summed E-state index contributed by atoms with van der Waals surface area (Å²) in [7, 11) is 0. The van der Waals surface area contributed by atoms with E-state index in [1.165, 1.54) is 0 Å². The molecular formula is C14H21N. The van der Waals surface area contributed by atoms with Crippen LogP contribution in [0.3, 0.4) is 0 Å². The second-order valence-corrected chi connectivity index (χ2v) is 3.41. The Hall–Kier alpha value is -1.29. The molecule has 0 saturated carbocycles. The van der Waals surface area contributed by atoms with Crippen molar-refractivity contribution in [2.24, 2.45) is 0 Å². The summed E-state index contributed by atoms with van der Waals surface area (Å²) in [4.78, 5) is 0. The van der Waals surface area contributed by atoms with Crippen LogP contribution in [-0.2, 0) is 0 Å². The molecular weight excluding hydrogens is 182 g/mol. The van der Waals surface area contributed by atoms with Crippen molar-refractivity contribution < 1.29 is 0 Å². The van der Waals surface area contributed by atoms with Gasteiger partial charge in [-0.3, -0.25) is 0 Å². The van der Waals surface area contributed by atoms with E-state index in [2.05, 4.69) is 42.5 Å². The number of nitriles is 1. The maximum atomic E-state index is 8.33. The van der Waals surface area contributed by atoms with Crippen LogP contribution >= 0.6 is 0 Å². The van der Waals surface area contributed by atoms with E-state index in [0.29, 0.717) is 6.42 Å². The molecule has 0 amide bonds. The van der Waals surface area contributed by atoms with E-state index >= 15 is 0 Å². The molecule has 82 valence electrons. The molecule has 0 bridgehead atoms. The van der Waals surface area contributed by atoms with Gasteiger partial charge in [-0.15, -0.1) is 0 Å². The average molecular weight is 203 g/mol. The maximum Gasteiger partial charge on any atom is 0.0621 e. The minimum absolute atomic E-state index is 0.688. The third-order valence-electron chi connectivity index (χ3n) is 2.03. The molecule has 0 radical (unpaired) electrons. The molecule has 1 nitrogen and oxygen atoms in total. The van der Waals surface area contributed by atoms with Gasteiger partial charge in [0.15, 0.2) is 0 Å². The number of hydrogen-bond donors (Lipinski definition) is 0. The quantitative estimate of drug-likeness (QED) is 0.323. The van der Waals surface area contributed by atoms with E-state index in [4.69, 9.17) is 5.26 Å². The summed E-state index contributed by atoms with van der Waals surface area (Å²) < 4.78 is 0. The van der Waals surface area contributed by atoms with Crippen molar-refractivity contribution in [3.63, 3.8) is 0 Å². The first-order valence-electron chi connectivity index (χ1n) is 5.71. The summed E-state index contributed by atoms with van der Waals surface area (Å²) in [5.74, 6) is 0.